The average molecular weight is 290 g/mol. The van der Waals surface area contributed by atoms with Gasteiger partial charge in [-0.25, -0.2) is 0 Å². The molecule has 1 N–H and O–H groups in total. The smallest absolute Gasteiger partial charge is 0.118 e. The van der Waals surface area contributed by atoms with E-state index in [1.165, 1.54) is 31.5 Å². The zero-order chi connectivity index (χ0) is 15.3. The summed E-state index contributed by atoms with van der Waals surface area (Å²) in [6, 6.07) is 9.13. The molecule has 1 fully saturated rings. The Balaban J connectivity index is 1.71. The van der Waals surface area contributed by atoms with E-state index in [4.69, 9.17) is 4.74 Å². The lowest BCUT2D eigenvalue weighted by Gasteiger charge is -2.36. The van der Waals surface area contributed by atoms with E-state index in [2.05, 4.69) is 55.3 Å². The van der Waals surface area contributed by atoms with Gasteiger partial charge in [0.1, 0.15) is 5.75 Å². The Morgan fingerprint density at radius 3 is 2.29 bits per heavy atom. The van der Waals surface area contributed by atoms with E-state index >= 15 is 0 Å². The molecule has 0 spiro atoms. The number of ether oxygens (including phenoxy) is 1. The molecule has 3 nitrogen and oxygen atoms in total. The average Bonchev–Trinajstić information content (AvgIpc) is 2.45. The molecule has 0 atom stereocenters. The number of nitrogens with one attached hydrogen (secondary N) is 1. The number of nitrogens with zero attached hydrogens (tertiary/aromatic N) is 1. The molecule has 0 amide bonds. The molecule has 1 aromatic rings. The third kappa shape index (κ3) is 5.68. The molecule has 1 saturated heterocycles. The maximum absolute atomic E-state index is 5.20. The van der Waals surface area contributed by atoms with Crippen molar-refractivity contribution in [1.29, 1.82) is 0 Å². The number of hydrogen-bond donors (Lipinski definition) is 1. The van der Waals surface area contributed by atoms with Crippen LogP contribution in [-0.2, 0) is 6.42 Å². The summed E-state index contributed by atoms with van der Waals surface area (Å²) in [7, 11) is 1.71. The first kappa shape index (κ1) is 16.3. The Kier molecular flexibility index (Phi) is 5.65. The van der Waals surface area contributed by atoms with Crippen LogP contribution in [0.5, 0.6) is 5.75 Å². The van der Waals surface area contributed by atoms with Crippen LogP contribution in [-0.4, -0.2) is 43.2 Å². The summed E-state index contributed by atoms with van der Waals surface area (Å²) in [5.74, 6) is 0.938. The Morgan fingerprint density at radius 2 is 1.76 bits per heavy atom. The van der Waals surface area contributed by atoms with Gasteiger partial charge in [-0.2, -0.15) is 0 Å². The van der Waals surface area contributed by atoms with Gasteiger partial charge >= 0.3 is 0 Å². The van der Waals surface area contributed by atoms with Gasteiger partial charge in [0.15, 0.2) is 0 Å². The van der Waals surface area contributed by atoms with Gasteiger partial charge in [-0.1, -0.05) is 12.1 Å². The molecule has 0 saturated carbocycles. The predicted molar refractivity (Wildman–Crippen MR) is 89.0 cm³/mol. The van der Waals surface area contributed by atoms with Gasteiger partial charge in [0.25, 0.3) is 0 Å². The summed E-state index contributed by atoms with van der Waals surface area (Å²) >= 11 is 0. The van der Waals surface area contributed by atoms with Gasteiger partial charge in [-0.05, 0) is 70.8 Å². The zero-order valence-electron chi connectivity index (χ0n) is 14.0. The van der Waals surface area contributed by atoms with Crippen molar-refractivity contribution in [1.82, 2.24) is 10.2 Å². The highest BCUT2D eigenvalue weighted by Gasteiger charge is 2.22. The summed E-state index contributed by atoms with van der Waals surface area (Å²) < 4.78 is 5.20. The summed E-state index contributed by atoms with van der Waals surface area (Å²) in [5, 5.41) is 3.72. The fourth-order valence-corrected chi connectivity index (χ4v) is 2.99. The maximum atomic E-state index is 5.20. The molecule has 0 bridgehead atoms. The molecule has 118 valence electrons. The number of rotatable bonds is 5. The van der Waals surface area contributed by atoms with Crippen molar-refractivity contribution in [3.63, 3.8) is 0 Å². The van der Waals surface area contributed by atoms with Gasteiger partial charge in [0.05, 0.1) is 7.11 Å². The number of hydrogen-bond acceptors (Lipinski definition) is 3. The number of methoxy groups -OCH3 is 1. The van der Waals surface area contributed by atoms with Gasteiger partial charge in [-0.15, -0.1) is 0 Å². The van der Waals surface area contributed by atoms with Crippen molar-refractivity contribution in [2.75, 3.05) is 26.7 Å². The highest BCUT2D eigenvalue weighted by atomic mass is 16.5. The van der Waals surface area contributed by atoms with Gasteiger partial charge in [-0.3, -0.25) is 0 Å². The van der Waals surface area contributed by atoms with Crippen LogP contribution in [0.3, 0.4) is 0 Å². The van der Waals surface area contributed by atoms with Crippen molar-refractivity contribution in [3.8, 4) is 5.75 Å². The van der Waals surface area contributed by atoms with Crippen molar-refractivity contribution in [3.05, 3.63) is 29.8 Å². The van der Waals surface area contributed by atoms with E-state index < -0.39 is 0 Å². The van der Waals surface area contributed by atoms with E-state index in [9.17, 15) is 0 Å². The Morgan fingerprint density at radius 1 is 1.14 bits per heavy atom. The van der Waals surface area contributed by atoms with Crippen LogP contribution in [0, 0.1) is 0 Å². The third-order valence-electron chi connectivity index (χ3n) is 4.10. The molecule has 21 heavy (non-hydrogen) atoms. The lowest BCUT2D eigenvalue weighted by molar-refractivity contribution is 0.183. The van der Waals surface area contributed by atoms with Crippen molar-refractivity contribution >= 4 is 0 Å². The topological polar surface area (TPSA) is 24.5 Å². The lowest BCUT2D eigenvalue weighted by Crippen LogP contribution is -2.49. The Labute approximate surface area is 129 Å². The first-order valence-electron chi connectivity index (χ1n) is 8.09. The second-order valence-electron chi connectivity index (χ2n) is 7.11. The van der Waals surface area contributed by atoms with Crippen LogP contribution in [0.1, 0.15) is 39.2 Å². The maximum Gasteiger partial charge on any atom is 0.118 e. The SMILES string of the molecule is COc1ccc(CCN2CCC(NC(C)(C)C)CC2)cc1. The first-order valence-corrected chi connectivity index (χ1v) is 8.09. The van der Waals surface area contributed by atoms with Crippen LogP contribution < -0.4 is 10.1 Å². The van der Waals surface area contributed by atoms with Gasteiger partial charge in [0, 0.05) is 18.1 Å². The summed E-state index contributed by atoms with van der Waals surface area (Å²) in [4.78, 5) is 2.59. The molecule has 1 aliphatic rings. The molecule has 1 heterocycles. The number of benzene rings is 1. The summed E-state index contributed by atoms with van der Waals surface area (Å²) in [6.45, 7) is 10.3. The second-order valence-corrected chi connectivity index (χ2v) is 7.11. The van der Waals surface area contributed by atoms with Crippen LogP contribution in [0.2, 0.25) is 0 Å². The standard InChI is InChI=1S/C18H30N2O/c1-18(2,3)19-16-10-13-20(14-11-16)12-9-15-5-7-17(21-4)8-6-15/h5-8,16,19H,9-14H2,1-4H3. The van der Waals surface area contributed by atoms with E-state index in [-0.39, 0.29) is 5.54 Å². The monoisotopic (exact) mass is 290 g/mol. The van der Waals surface area contributed by atoms with Gasteiger partial charge < -0.3 is 15.0 Å². The van der Waals surface area contributed by atoms with Gasteiger partial charge in [0.2, 0.25) is 0 Å². The Hall–Kier alpha value is -1.06. The van der Waals surface area contributed by atoms with Crippen LogP contribution in [0.4, 0.5) is 0 Å². The molecule has 3 heteroatoms. The van der Waals surface area contributed by atoms with E-state index in [1.807, 2.05) is 0 Å². The molecule has 0 unspecified atom stereocenters. The molecule has 0 aromatic heterocycles. The minimum absolute atomic E-state index is 0.232. The minimum Gasteiger partial charge on any atom is -0.497 e. The van der Waals surface area contributed by atoms with Crippen molar-refractivity contribution in [2.45, 2.75) is 51.6 Å². The Bertz CT molecular complexity index is 414. The van der Waals surface area contributed by atoms with Crippen molar-refractivity contribution < 1.29 is 4.74 Å². The predicted octanol–water partition coefficient (Wildman–Crippen LogP) is 3.09. The van der Waals surface area contributed by atoms with Crippen LogP contribution in [0.25, 0.3) is 0 Å². The largest absolute Gasteiger partial charge is 0.497 e. The molecule has 0 aliphatic carbocycles. The fraction of sp³-hybridized carbons (Fsp3) is 0.667. The summed E-state index contributed by atoms with van der Waals surface area (Å²) in [5.41, 5.74) is 1.63. The summed E-state index contributed by atoms with van der Waals surface area (Å²) in [6.07, 6.45) is 3.65. The van der Waals surface area contributed by atoms with Crippen molar-refractivity contribution in [2.24, 2.45) is 0 Å². The number of likely N-dealkylation sites (tertiary alicyclic amines) is 1. The van der Waals surface area contributed by atoms with Crippen LogP contribution in [0.15, 0.2) is 24.3 Å². The number of piperidine rings is 1. The first-order chi connectivity index (χ1) is 9.96. The minimum atomic E-state index is 0.232. The van der Waals surface area contributed by atoms with E-state index in [0.717, 1.165) is 18.7 Å². The second kappa shape index (κ2) is 7.28. The normalized spacial score (nSPS) is 17.9. The fourth-order valence-electron chi connectivity index (χ4n) is 2.99. The van der Waals surface area contributed by atoms with E-state index in [0.29, 0.717) is 6.04 Å². The highest BCUT2D eigenvalue weighted by Crippen LogP contribution is 2.16. The zero-order valence-corrected chi connectivity index (χ0v) is 14.0. The lowest BCUT2D eigenvalue weighted by atomic mass is 9.99. The highest BCUT2D eigenvalue weighted by molar-refractivity contribution is 5.27. The third-order valence-corrected chi connectivity index (χ3v) is 4.10. The molecule has 1 aliphatic heterocycles. The molecular formula is C18H30N2O. The molecule has 1 aromatic carbocycles. The molecule has 0 radical (unpaired) electrons. The molecular weight excluding hydrogens is 260 g/mol. The van der Waals surface area contributed by atoms with E-state index in [1.54, 1.807) is 7.11 Å². The molecule has 2 rings (SSSR count). The van der Waals surface area contributed by atoms with Crippen LogP contribution >= 0.6 is 0 Å². The quantitative estimate of drug-likeness (QED) is 0.902.